The van der Waals surface area contributed by atoms with Gasteiger partial charge in [-0.3, -0.25) is 14.5 Å². The molecule has 0 saturated carbocycles. The molecule has 0 unspecified atom stereocenters. The summed E-state index contributed by atoms with van der Waals surface area (Å²) in [6.45, 7) is 5.65. The van der Waals surface area contributed by atoms with Crippen LogP contribution < -0.4 is 5.32 Å². The maximum absolute atomic E-state index is 12.9. The molecule has 132 valence electrons. The number of amides is 2. The summed E-state index contributed by atoms with van der Waals surface area (Å²) in [6, 6.07) is 12.3. The van der Waals surface area contributed by atoms with Gasteiger partial charge in [0.1, 0.15) is 5.70 Å². The fourth-order valence-corrected chi connectivity index (χ4v) is 3.28. The van der Waals surface area contributed by atoms with Gasteiger partial charge in [0.25, 0.3) is 11.8 Å². The zero-order chi connectivity index (χ0) is 18.8. The standard InChI is InChI=1S/C20H16Cl2N2O2/c1-3-10-24-19(25)17(14-9-8-13(21)11-15(14)22)18(20(24)26)23-16-7-5-4-6-12(16)2/h3-9,11,23H,1,10H2,2H3. The number of benzene rings is 2. The number of carbonyl (C=O) groups excluding carboxylic acids is 2. The molecule has 2 aromatic carbocycles. The second kappa shape index (κ2) is 7.36. The highest BCUT2D eigenvalue weighted by molar-refractivity contribution is 6.41. The molecular formula is C20H16Cl2N2O2. The van der Waals surface area contributed by atoms with Crippen molar-refractivity contribution in [3.63, 3.8) is 0 Å². The number of nitrogens with one attached hydrogen (secondary N) is 1. The van der Waals surface area contributed by atoms with Crippen molar-refractivity contribution >= 4 is 46.3 Å². The highest BCUT2D eigenvalue weighted by Gasteiger charge is 2.39. The van der Waals surface area contributed by atoms with E-state index in [4.69, 9.17) is 23.2 Å². The van der Waals surface area contributed by atoms with E-state index in [9.17, 15) is 9.59 Å². The van der Waals surface area contributed by atoms with E-state index in [1.54, 1.807) is 18.2 Å². The third kappa shape index (κ3) is 3.26. The first-order valence-electron chi connectivity index (χ1n) is 7.93. The Bertz CT molecular complexity index is 951. The summed E-state index contributed by atoms with van der Waals surface area (Å²) < 4.78 is 0. The first-order chi connectivity index (χ1) is 12.4. The number of nitrogens with zero attached hydrogens (tertiary/aromatic N) is 1. The van der Waals surface area contributed by atoms with E-state index in [1.807, 2.05) is 31.2 Å². The molecule has 0 bridgehead atoms. The van der Waals surface area contributed by atoms with Gasteiger partial charge in [-0.05, 0) is 30.7 Å². The number of aryl methyl sites for hydroxylation is 1. The molecule has 0 spiro atoms. The zero-order valence-electron chi connectivity index (χ0n) is 14.1. The molecule has 1 aliphatic rings. The summed E-state index contributed by atoms with van der Waals surface area (Å²) in [5.41, 5.74) is 2.56. The van der Waals surface area contributed by atoms with Crippen LogP contribution in [0.3, 0.4) is 0 Å². The molecule has 3 rings (SSSR count). The Hall–Kier alpha value is -2.56. The lowest BCUT2D eigenvalue weighted by Gasteiger charge is -2.13. The predicted octanol–water partition coefficient (Wildman–Crippen LogP) is 4.68. The minimum Gasteiger partial charge on any atom is -0.350 e. The molecule has 0 aromatic heterocycles. The lowest BCUT2D eigenvalue weighted by atomic mass is 10.0. The highest BCUT2D eigenvalue weighted by Crippen LogP contribution is 2.35. The third-order valence-electron chi connectivity index (χ3n) is 4.08. The fourth-order valence-electron chi connectivity index (χ4n) is 2.78. The maximum atomic E-state index is 12.9. The molecule has 0 fully saturated rings. The highest BCUT2D eigenvalue weighted by atomic mass is 35.5. The minimum atomic E-state index is -0.421. The van der Waals surface area contributed by atoms with E-state index < -0.39 is 11.8 Å². The van der Waals surface area contributed by atoms with Crippen molar-refractivity contribution in [3.05, 3.63) is 82.0 Å². The fraction of sp³-hybridized carbons (Fsp3) is 0.100. The average Bonchev–Trinajstić information content (AvgIpc) is 2.82. The molecule has 0 saturated heterocycles. The summed E-state index contributed by atoms with van der Waals surface area (Å²) in [6.07, 6.45) is 1.51. The van der Waals surface area contributed by atoms with Crippen molar-refractivity contribution in [2.24, 2.45) is 0 Å². The third-order valence-corrected chi connectivity index (χ3v) is 4.63. The van der Waals surface area contributed by atoms with E-state index in [2.05, 4.69) is 11.9 Å². The summed E-state index contributed by atoms with van der Waals surface area (Å²) in [7, 11) is 0. The number of hydrogen-bond donors (Lipinski definition) is 1. The molecular weight excluding hydrogens is 371 g/mol. The summed E-state index contributed by atoms with van der Waals surface area (Å²) >= 11 is 12.3. The van der Waals surface area contributed by atoms with Crippen LogP contribution in [0.15, 0.2) is 60.8 Å². The van der Waals surface area contributed by atoms with Gasteiger partial charge in [0.05, 0.1) is 10.6 Å². The smallest absolute Gasteiger partial charge is 0.278 e. The van der Waals surface area contributed by atoms with Crippen molar-refractivity contribution in [2.75, 3.05) is 11.9 Å². The van der Waals surface area contributed by atoms with Crippen molar-refractivity contribution < 1.29 is 9.59 Å². The predicted molar refractivity (Wildman–Crippen MR) is 105 cm³/mol. The first kappa shape index (κ1) is 18.2. The Balaban J connectivity index is 2.16. The van der Waals surface area contributed by atoms with Gasteiger partial charge < -0.3 is 5.32 Å². The average molecular weight is 387 g/mol. The molecule has 6 heteroatoms. The first-order valence-corrected chi connectivity index (χ1v) is 8.69. The normalized spacial score (nSPS) is 14.2. The topological polar surface area (TPSA) is 49.4 Å². The number of para-hydroxylation sites is 1. The van der Waals surface area contributed by atoms with Gasteiger partial charge in [-0.1, -0.05) is 53.5 Å². The van der Waals surface area contributed by atoms with E-state index in [0.717, 1.165) is 16.2 Å². The Morgan fingerprint density at radius 2 is 1.85 bits per heavy atom. The monoisotopic (exact) mass is 386 g/mol. The van der Waals surface area contributed by atoms with Gasteiger partial charge >= 0.3 is 0 Å². The molecule has 26 heavy (non-hydrogen) atoms. The molecule has 0 atom stereocenters. The SMILES string of the molecule is C=CCN1C(=O)C(Nc2ccccc2C)=C(c2ccc(Cl)cc2Cl)C1=O. The van der Waals surface area contributed by atoms with E-state index in [1.165, 1.54) is 6.08 Å². The van der Waals surface area contributed by atoms with Gasteiger partial charge in [0, 0.05) is 22.8 Å². The van der Waals surface area contributed by atoms with E-state index in [0.29, 0.717) is 15.6 Å². The van der Waals surface area contributed by atoms with Gasteiger partial charge in [-0.15, -0.1) is 6.58 Å². The van der Waals surface area contributed by atoms with Crippen molar-refractivity contribution in [3.8, 4) is 0 Å². The van der Waals surface area contributed by atoms with Gasteiger partial charge in [-0.25, -0.2) is 0 Å². The molecule has 4 nitrogen and oxygen atoms in total. The number of rotatable bonds is 5. The number of hydrogen-bond acceptors (Lipinski definition) is 3. The minimum absolute atomic E-state index is 0.116. The van der Waals surface area contributed by atoms with Crippen LogP contribution in [0.25, 0.3) is 5.57 Å². The van der Waals surface area contributed by atoms with E-state index in [-0.39, 0.29) is 17.8 Å². The van der Waals surface area contributed by atoms with Gasteiger partial charge in [0.15, 0.2) is 0 Å². The van der Waals surface area contributed by atoms with E-state index >= 15 is 0 Å². The van der Waals surface area contributed by atoms with Crippen LogP contribution >= 0.6 is 23.2 Å². The maximum Gasteiger partial charge on any atom is 0.278 e. The van der Waals surface area contributed by atoms with Crippen LogP contribution in [-0.2, 0) is 9.59 Å². The van der Waals surface area contributed by atoms with Crippen LogP contribution in [0.1, 0.15) is 11.1 Å². The van der Waals surface area contributed by atoms with Gasteiger partial charge in [0.2, 0.25) is 0 Å². The van der Waals surface area contributed by atoms with Crippen LogP contribution in [0.4, 0.5) is 5.69 Å². The molecule has 1 aliphatic heterocycles. The van der Waals surface area contributed by atoms with Crippen molar-refractivity contribution in [2.45, 2.75) is 6.92 Å². The second-order valence-corrected chi connectivity index (χ2v) is 6.67. The summed E-state index contributed by atoms with van der Waals surface area (Å²) in [5, 5.41) is 3.87. The van der Waals surface area contributed by atoms with Gasteiger partial charge in [-0.2, -0.15) is 0 Å². The Kier molecular flexibility index (Phi) is 5.16. The molecule has 2 amide bonds. The molecule has 1 N–H and O–H groups in total. The Morgan fingerprint density at radius 1 is 1.12 bits per heavy atom. The Morgan fingerprint density at radius 3 is 2.50 bits per heavy atom. The number of halogens is 2. The largest absolute Gasteiger partial charge is 0.350 e. The lowest BCUT2D eigenvalue weighted by molar-refractivity contribution is -0.136. The second-order valence-electron chi connectivity index (χ2n) is 5.82. The number of imide groups is 1. The van der Waals surface area contributed by atoms with Crippen molar-refractivity contribution in [1.29, 1.82) is 0 Å². The molecule has 2 aromatic rings. The zero-order valence-corrected chi connectivity index (χ0v) is 15.6. The molecule has 1 heterocycles. The van der Waals surface area contributed by atoms with Crippen LogP contribution in [-0.4, -0.2) is 23.3 Å². The Labute approximate surface area is 161 Å². The molecule has 0 aliphatic carbocycles. The summed E-state index contributed by atoms with van der Waals surface area (Å²) in [4.78, 5) is 26.9. The van der Waals surface area contributed by atoms with Crippen molar-refractivity contribution in [1.82, 2.24) is 4.90 Å². The molecule has 0 radical (unpaired) electrons. The quantitative estimate of drug-likeness (QED) is 0.599. The lowest BCUT2D eigenvalue weighted by Crippen LogP contribution is -2.32. The van der Waals surface area contributed by atoms with Crippen LogP contribution in [0.2, 0.25) is 10.0 Å². The van der Waals surface area contributed by atoms with Crippen LogP contribution in [0.5, 0.6) is 0 Å². The summed E-state index contributed by atoms with van der Waals surface area (Å²) in [5.74, 6) is -0.839. The number of anilines is 1. The van der Waals surface area contributed by atoms with Crippen LogP contribution in [0, 0.1) is 6.92 Å². The number of carbonyl (C=O) groups is 2.